The third-order valence-corrected chi connectivity index (χ3v) is 7.04. The Balaban J connectivity index is 1.47. The molecule has 3 N–H and O–H groups in total. The number of amidine groups is 1. The molecule has 2 aliphatic rings. The SMILES string of the molecule is C[C@@H]1CCc2c(sc3nc(CSC(N)=NC[C@H]4CCCO4)[nH]c(=O)c23)C1. The quantitative estimate of drug-likeness (QED) is 0.616. The van der Waals surface area contributed by atoms with Crippen molar-refractivity contribution in [2.24, 2.45) is 16.6 Å². The molecule has 1 aliphatic heterocycles. The summed E-state index contributed by atoms with van der Waals surface area (Å²) >= 11 is 3.08. The van der Waals surface area contributed by atoms with Crippen LogP contribution in [0.5, 0.6) is 0 Å². The topological polar surface area (TPSA) is 93.4 Å². The molecule has 1 fully saturated rings. The average molecular weight is 393 g/mol. The monoisotopic (exact) mass is 392 g/mol. The van der Waals surface area contributed by atoms with Crippen LogP contribution in [-0.2, 0) is 23.3 Å². The molecule has 0 spiro atoms. The van der Waals surface area contributed by atoms with Gasteiger partial charge in [-0.2, -0.15) is 0 Å². The van der Waals surface area contributed by atoms with Crippen LogP contribution >= 0.6 is 23.1 Å². The maximum Gasteiger partial charge on any atom is 0.259 e. The lowest BCUT2D eigenvalue weighted by Gasteiger charge is -2.17. The highest BCUT2D eigenvalue weighted by Gasteiger charge is 2.23. The molecule has 0 aromatic carbocycles. The summed E-state index contributed by atoms with van der Waals surface area (Å²) in [4.78, 5) is 26.8. The Bertz CT molecular complexity index is 883. The van der Waals surface area contributed by atoms with Gasteiger partial charge in [0, 0.05) is 11.5 Å². The largest absolute Gasteiger partial charge is 0.379 e. The van der Waals surface area contributed by atoms with Gasteiger partial charge in [-0.25, -0.2) is 4.98 Å². The third kappa shape index (κ3) is 3.82. The Morgan fingerprint density at radius 3 is 3.19 bits per heavy atom. The van der Waals surface area contributed by atoms with Crippen LogP contribution in [0.3, 0.4) is 0 Å². The van der Waals surface area contributed by atoms with Crippen LogP contribution in [0.1, 0.15) is 42.5 Å². The summed E-state index contributed by atoms with van der Waals surface area (Å²) in [5, 5.41) is 1.31. The first-order valence-electron chi connectivity index (χ1n) is 9.18. The number of fused-ring (bicyclic) bond motifs is 3. The second-order valence-electron chi connectivity index (χ2n) is 7.15. The van der Waals surface area contributed by atoms with Crippen LogP contribution in [0, 0.1) is 5.92 Å². The summed E-state index contributed by atoms with van der Waals surface area (Å²) in [7, 11) is 0. The minimum atomic E-state index is -0.0208. The fourth-order valence-corrected chi connectivity index (χ4v) is 5.62. The molecule has 0 radical (unpaired) electrons. The number of aliphatic imine (C=N–C) groups is 1. The van der Waals surface area contributed by atoms with Gasteiger partial charge in [0.25, 0.3) is 5.56 Å². The van der Waals surface area contributed by atoms with Crippen molar-refractivity contribution in [2.45, 2.75) is 50.9 Å². The number of hydrogen-bond donors (Lipinski definition) is 2. The first-order valence-corrected chi connectivity index (χ1v) is 11.0. The Kier molecular flexibility index (Phi) is 5.33. The van der Waals surface area contributed by atoms with Crippen LogP contribution in [0.2, 0.25) is 0 Å². The van der Waals surface area contributed by atoms with Crippen molar-refractivity contribution in [2.75, 3.05) is 13.2 Å². The van der Waals surface area contributed by atoms with Crippen LogP contribution in [0.4, 0.5) is 0 Å². The van der Waals surface area contributed by atoms with E-state index in [1.165, 1.54) is 22.2 Å². The molecule has 3 heterocycles. The number of H-pyrrole nitrogens is 1. The second-order valence-corrected chi connectivity index (χ2v) is 9.23. The van der Waals surface area contributed by atoms with Crippen LogP contribution in [-0.4, -0.2) is 34.4 Å². The normalized spacial score (nSPS) is 23.5. The third-order valence-electron chi connectivity index (χ3n) is 5.05. The molecule has 0 unspecified atom stereocenters. The van der Waals surface area contributed by atoms with Crippen LogP contribution in [0.25, 0.3) is 10.2 Å². The molecule has 26 heavy (non-hydrogen) atoms. The van der Waals surface area contributed by atoms with Gasteiger partial charge in [-0.3, -0.25) is 9.79 Å². The maximum atomic E-state index is 12.6. The van der Waals surface area contributed by atoms with E-state index in [9.17, 15) is 4.79 Å². The lowest BCUT2D eigenvalue weighted by atomic mass is 9.89. The molecule has 4 rings (SSSR count). The average Bonchev–Trinajstić information content (AvgIpc) is 3.24. The van der Waals surface area contributed by atoms with E-state index in [0.29, 0.717) is 29.2 Å². The van der Waals surface area contributed by atoms with E-state index in [0.717, 1.165) is 48.9 Å². The maximum absolute atomic E-state index is 12.6. The summed E-state index contributed by atoms with van der Waals surface area (Å²) in [5.41, 5.74) is 7.18. The highest BCUT2D eigenvalue weighted by molar-refractivity contribution is 8.13. The number of nitrogens with one attached hydrogen (secondary N) is 1. The predicted octanol–water partition coefficient (Wildman–Crippen LogP) is 2.84. The Morgan fingerprint density at radius 2 is 2.38 bits per heavy atom. The highest BCUT2D eigenvalue weighted by Crippen LogP contribution is 2.35. The van der Waals surface area contributed by atoms with Gasteiger partial charge in [0.1, 0.15) is 10.7 Å². The number of hydrogen-bond acceptors (Lipinski definition) is 6. The molecular weight excluding hydrogens is 368 g/mol. The molecule has 0 bridgehead atoms. The molecule has 6 nitrogen and oxygen atoms in total. The van der Waals surface area contributed by atoms with Gasteiger partial charge in [0.15, 0.2) is 5.17 Å². The Hall–Kier alpha value is -1.38. The number of thioether (sulfide) groups is 1. The van der Waals surface area contributed by atoms with Gasteiger partial charge in [-0.15, -0.1) is 11.3 Å². The van der Waals surface area contributed by atoms with E-state index in [2.05, 4.69) is 21.9 Å². The standard InChI is InChI=1S/C18H24N4O2S2/c1-10-4-5-12-13(7-10)26-17-15(12)16(23)21-14(22-17)9-25-18(19)20-8-11-3-2-6-24-11/h10-11H,2-9H2,1H3,(H2,19,20)(H,21,22,23)/t10-,11-/m1/s1. The molecule has 2 aromatic heterocycles. The first-order chi connectivity index (χ1) is 12.6. The number of aromatic amines is 1. The second kappa shape index (κ2) is 7.70. The first kappa shape index (κ1) is 18.0. The van der Waals surface area contributed by atoms with E-state index in [4.69, 9.17) is 10.5 Å². The van der Waals surface area contributed by atoms with Crippen molar-refractivity contribution < 1.29 is 4.74 Å². The van der Waals surface area contributed by atoms with Crippen molar-refractivity contribution in [1.29, 1.82) is 0 Å². The summed E-state index contributed by atoms with van der Waals surface area (Å²) in [6, 6.07) is 0. The lowest BCUT2D eigenvalue weighted by molar-refractivity contribution is 0.118. The highest BCUT2D eigenvalue weighted by atomic mass is 32.2. The molecule has 1 aliphatic carbocycles. The number of aromatic nitrogens is 2. The molecule has 0 amide bonds. The zero-order valence-corrected chi connectivity index (χ0v) is 16.5. The zero-order valence-electron chi connectivity index (χ0n) is 14.9. The van der Waals surface area contributed by atoms with Gasteiger partial charge in [-0.05, 0) is 43.6 Å². The molecule has 0 saturated carbocycles. The van der Waals surface area contributed by atoms with Crippen LogP contribution in [0.15, 0.2) is 9.79 Å². The minimum Gasteiger partial charge on any atom is -0.379 e. The van der Waals surface area contributed by atoms with Crippen LogP contribution < -0.4 is 11.3 Å². The Morgan fingerprint density at radius 1 is 1.50 bits per heavy atom. The van der Waals surface area contributed by atoms with Gasteiger partial charge in [0.05, 0.1) is 23.8 Å². The van der Waals surface area contributed by atoms with Gasteiger partial charge >= 0.3 is 0 Å². The van der Waals surface area contributed by atoms with Crippen molar-refractivity contribution in [3.63, 3.8) is 0 Å². The van der Waals surface area contributed by atoms with Gasteiger partial charge < -0.3 is 15.5 Å². The van der Waals surface area contributed by atoms with Crippen molar-refractivity contribution in [1.82, 2.24) is 9.97 Å². The van der Waals surface area contributed by atoms with E-state index in [1.54, 1.807) is 11.3 Å². The number of ether oxygens (including phenoxy) is 1. The summed E-state index contributed by atoms with van der Waals surface area (Å²) in [6.45, 7) is 3.70. The number of thiophene rings is 1. The number of aryl methyl sites for hydroxylation is 1. The molecule has 2 atom stereocenters. The van der Waals surface area contributed by atoms with Crippen molar-refractivity contribution in [3.8, 4) is 0 Å². The fourth-order valence-electron chi connectivity index (χ4n) is 3.63. The molecule has 2 aromatic rings. The van der Waals surface area contributed by atoms with Gasteiger partial charge in [0.2, 0.25) is 0 Å². The molecular formula is C18H24N4O2S2. The van der Waals surface area contributed by atoms with E-state index in [1.807, 2.05) is 0 Å². The van der Waals surface area contributed by atoms with Crippen molar-refractivity contribution in [3.05, 3.63) is 26.6 Å². The summed E-state index contributed by atoms with van der Waals surface area (Å²) in [6.07, 6.45) is 5.54. The summed E-state index contributed by atoms with van der Waals surface area (Å²) in [5.74, 6) is 1.87. The predicted molar refractivity (Wildman–Crippen MR) is 108 cm³/mol. The fraction of sp³-hybridized carbons (Fsp3) is 0.611. The van der Waals surface area contributed by atoms with Gasteiger partial charge in [-0.1, -0.05) is 18.7 Å². The lowest BCUT2D eigenvalue weighted by Crippen LogP contribution is -2.16. The minimum absolute atomic E-state index is 0.0208. The smallest absolute Gasteiger partial charge is 0.259 e. The molecule has 140 valence electrons. The zero-order chi connectivity index (χ0) is 18.1. The van der Waals surface area contributed by atoms with E-state index >= 15 is 0 Å². The number of nitrogens with two attached hydrogens (primary N) is 1. The van der Waals surface area contributed by atoms with Crippen molar-refractivity contribution >= 4 is 38.5 Å². The molecule has 1 saturated heterocycles. The van der Waals surface area contributed by atoms with E-state index in [-0.39, 0.29) is 11.7 Å². The summed E-state index contributed by atoms with van der Waals surface area (Å²) < 4.78 is 5.55. The van der Waals surface area contributed by atoms with E-state index < -0.39 is 0 Å². The molecule has 8 heteroatoms. The number of nitrogens with zero attached hydrogens (tertiary/aromatic N) is 2. The number of rotatable bonds is 4. The Labute approximate surface area is 160 Å².